The molecule has 0 heterocycles. The zero-order valence-corrected chi connectivity index (χ0v) is 10.6. The van der Waals surface area contributed by atoms with E-state index in [1.807, 2.05) is 13.8 Å². The van der Waals surface area contributed by atoms with Crippen molar-refractivity contribution in [3.8, 4) is 0 Å². The van der Waals surface area contributed by atoms with Crippen LogP contribution in [0.1, 0.15) is 33.1 Å². The molecule has 0 rings (SSSR count). The molecule has 0 saturated carbocycles. The number of hydrogen-bond donors (Lipinski definition) is 0. The van der Waals surface area contributed by atoms with Crippen molar-refractivity contribution in [2.24, 2.45) is 0 Å². The molecule has 3 nitrogen and oxygen atoms in total. The van der Waals surface area contributed by atoms with Gasteiger partial charge in [0.1, 0.15) is 0 Å². The van der Waals surface area contributed by atoms with E-state index in [2.05, 4.69) is 0 Å². The van der Waals surface area contributed by atoms with Gasteiger partial charge in [-0.3, -0.25) is 0 Å². The number of unbranched alkanes of at least 4 members (excludes halogenated alkanes) is 2. The lowest BCUT2D eigenvalue weighted by Crippen LogP contribution is -2.32. The molecular formula is C9H20ClNO2S. The fraction of sp³-hybridized carbons (Fsp3) is 1.00. The van der Waals surface area contributed by atoms with Crippen LogP contribution in [0.2, 0.25) is 0 Å². The van der Waals surface area contributed by atoms with Crippen LogP contribution in [-0.4, -0.2) is 37.4 Å². The topological polar surface area (TPSA) is 37.4 Å². The summed E-state index contributed by atoms with van der Waals surface area (Å²) in [6, 6.07) is 0. The Morgan fingerprint density at radius 2 is 1.64 bits per heavy atom. The lowest BCUT2D eigenvalue weighted by Gasteiger charge is -2.17. The molecule has 0 radical (unpaired) electrons. The largest absolute Gasteiger partial charge is 0.214 e. The van der Waals surface area contributed by atoms with Crippen LogP contribution < -0.4 is 0 Å². The van der Waals surface area contributed by atoms with Gasteiger partial charge in [0.2, 0.25) is 10.0 Å². The van der Waals surface area contributed by atoms with Gasteiger partial charge in [0.15, 0.2) is 0 Å². The third-order valence-electron chi connectivity index (χ3n) is 2.13. The van der Waals surface area contributed by atoms with Crippen molar-refractivity contribution >= 4 is 21.6 Å². The SMILES string of the molecule is CCN(CC)S(=O)(=O)CCCCCCl. The highest BCUT2D eigenvalue weighted by Gasteiger charge is 2.17. The first-order valence-electron chi connectivity index (χ1n) is 5.12. The molecule has 0 aromatic rings. The van der Waals surface area contributed by atoms with Crippen LogP contribution in [0.15, 0.2) is 0 Å². The smallest absolute Gasteiger partial charge is 0.212 e. The minimum Gasteiger partial charge on any atom is -0.212 e. The molecule has 5 heteroatoms. The second-order valence-corrected chi connectivity index (χ2v) is 5.62. The van der Waals surface area contributed by atoms with Crippen molar-refractivity contribution in [3.63, 3.8) is 0 Å². The van der Waals surface area contributed by atoms with Gasteiger partial charge in [-0.05, 0) is 12.8 Å². The molecule has 0 atom stereocenters. The summed E-state index contributed by atoms with van der Waals surface area (Å²) in [6.45, 7) is 4.85. The van der Waals surface area contributed by atoms with Gasteiger partial charge in [0.25, 0.3) is 0 Å². The van der Waals surface area contributed by atoms with Crippen LogP contribution in [0.3, 0.4) is 0 Å². The van der Waals surface area contributed by atoms with Crippen LogP contribution in [0.4, 0.5) is 0 Å². The molecule has 0 amide bonds. The van der Waals surface area contributed by atoms with Crippen molar-refractivity contribution < 1.29 is 8.42 Å². The zero-order chi connectivity index (χ0) is 11.0. The number of rotatable bonds is 8. The molecule has 0 spiro atoms. The monoisotopic (exact) mass is 241 g/mol. The molecule has 0 aliphatic heterocycles. The Morgan fingerprint density at radius 1 is 1.07 bits per heavy atom. The Bertz CT molecular complexity index is 225. The van der Waals surface area contributed by atoms with E-state index in [1.165, 1.54) is 4.31 Å². The molecule has 0 aromatic heterocycles. The van der Waals surface area contributed by atoms with Crippen LogP contribution in [0.5, 0.6) is 0 Å². The standard InChI is InChI=1S/C9H20ClNO2S/c1-3-11(4-2)14(12,13)9-7-5-6-8-10/h3-9H2,1-2H3. The summed E-state index contributed by atoms with van der Waals surface area (Å²) in [7, 11) is -3.01. The fourth-order valence-corrected chi connectivity index (χ4v) is 3.10. The van der Waals surface area contributed by atoms with E-state index >= 15 is 0 Å². The molecule has 86 valence electrons. The normalized spacial score (nSPS) is 12.3. The van der Waals surface area contributed by atoms with Crippen LogP contribution in [0.25, 0.3) is 0 Å². The molecular weight excluding hydrogens is 222 g/mol. The van der Waals surface area contributed by atoms with E-state index < -0.39 is 10.0 Å². The third-order valence-corrected chi connectivity index (χ3v) is 4.51. The lowest BCUT2D eigenvalue weighted by molar-refractivity contribution is 0.443. The molecule has 0 aromatic carbocycles. The highest BCUT2D eigenvalue weighted by Crippen LogP contribution is 2.06. The molecule has 0 fully saturated rings. The highest BCUT2D eigenvalue weighted by atomic mass is 35.5. The zero-order valence-electron chi connectivity index (χ0n) is 9.00. The summed E-state index contributed by atoms with van der Waals surface area (Å²) < 4.78 is 24.8. The summed E-state index contributed by atoms with van der Waals surface area (Å²) in [5, 5.41) is 0. The first-order chi connectivity index (χ1) is 6.58. The first-order valence-corrected chi connectivity index (χ1v) is 7.26. The summed E-state index contributed by atoms with van der Waals surface area (Å²) in [5.74, 6) is 0.872. The van der Waals surface area contributed by atoms with E-state index in [-0.39, 0.29) is 5.75 Å². The van der Waals surface area contributed by atoms with Gasteiger partial charge in [-0.15, -0.1) is 11.6 Å². The number of nitrogens with zero attached hydrogens (tertiary/aromatic N) is 1. The minimum atomic E-state index is -3.01. The predicted octanol–water partition coefficient (Wildman–Crippen LogP) is 2.07. The number of halogens is 1. The number of sulfonamides is 1. The molecule has 0 aliphatic carbocycles. The molecule has 0 aliphatic rings. The molecule has 0 bridgehead atoms. The molecule has 14 heavy (non-hydrogen) atoms. The Morgan fingerprint density at radius 3 is 2.07 bits per heavy atom. The summed E-state index contributed by atoms with van der Waals surface area (Å²) in [5.41, 5.74) is 0. The van der Waals surface area contributed by atoms with Gasteiger partial charge in [0.05, 0.1) is 5.75 Å². The average molecular weight is 242 g/mol. The van der Waals surface area contributed by atoms with Gasteiger partial charge in [-0.25, -0.2) is 12.7 Å². The van der Waals surface area contributed by atoms with Crippen molar-refractivity contribution in [2.75, 3.05) is 24.7 Å². The van der Waals surface area contributed by atoms with Gasteiger partial charge < -0.3 is 0 Å². The third kappa shape index (κ3) is 5.17. The van der Waals surface area contributed by atoms with Crippen LogP contribution >= 0.6 is 11.6 Å². The van der Waals surface area contributed by atoms with Gasteiger partial charge in [-0.1, -0.05) is 20.3 Å². The average Bonchev–Trinajstić information content (AvgIpc) is 2.14. The summed E-state index contributed by atoms with van der Waals surface area (Å²) in [6.07, 6.45) is 2.50. The van der Waals surface area contributed by atoms with E-state index in [0.29, 0.717) is 25.4 Å². The van der Waals surface area contributed by atoms with Gasteiger partial charge >= 0.3 is 0 Å². The quantitative estimate of drug-likeness (QED) is 0.482. The van der Waals surface area contributed by atoms with E-state index in [9.17, 15) is 8.42 Å². The maximum Gasteiger partial charge on any atom is 0.214 e. The van der Waals surface area contributed by atoms with E-state index in [0.717, 1.165) is 12.8 Å². The predicted molar refractivity (Wildman–Crippen MR) is 61.3 cm³/mol. The second-order valence-electron chi connectivity index (χ2n) is 3.15. The molecule has 0 saturated heterocycles. The summed E-state index contributed by atoms with van der Waals surface area (Å²) in [4.78, 5) is 0. The van der Waals surface area contributed by atoms with Crippen molar-refractivity contribution in [3.05, 3.63) is 0 Å². The van der Waals surface area contributed by atoms with Crippen LogP contribution in [-0.2, 0) is 10.0 Å². The fourth-order valence-electron chi connectivity index (χ4n) is 1.30. The number of hydrogen-bond acceptors (Lipinski definition) is 2. The molecule has 0 unspecified atom stereocenters. The van der Waals surface area contributed by atoms with Gasteiger partial charge in [0, 0.05) is 19.0 Å². The van der Waals surface area contributed by atoms with Crippen molar-refractivity contribution in [1.82, 2.24) is 4.31 Å². The Kier molecular flexibility index (Phi) is 7.59. The van der Waals surface area contributed by atoms with E-state index in [1.54, 1.807) is 0 Å². The maximum atomic E-state index is 11.6. The Labute approximate surface area is 92.5 Å². The second kappa shape index (κ2) is 7.49. The Hall–Kier alpha value is 0.200. The van der Waals surface area contributed by atoms with Crippen LogP contribution in [0, 0.1) is 0 Å². The maximum absolute atomic E-state index is 11.6. The first kappa shape index (κ1) is 14.2. The van der Waals surface area contributed by atoms with Gasteiger partial charge in [-0.2, -0.15) is 0 Å². The lowest BCUT2D eigenvalue weighted by atomic mass is 10.3. The number of alkyl halides is 1. The minimum absolute atomic E-state index is 0.256. The van der Waals surface area contributed by atoms with Crippen molar-refractivity contribution in [2.45, 2.75) is 33.1 Å². The van der Waals surface area contributed by atoms with E-state index in [4.69, 9.17) is 11.6 Å². The Balaban J connectivity index is 3.94. The highest BCUT2D eigenvalue weighted by molar-refractivity contribution is 7.89. The van der Waals surface area contributed by atoms with Crippen molar-refractivity contribution in [1.29, 1.82) is 0 Å². The summed E-state index contributed by atoms with van der Waals surface area (Å²) >= 11 is 5.51. The molecule has 0 N–H and O–H groups in total.